The van der Waals surface area contributed by atoms with Crippen molar-refractivity contribution in [3.8, 4) is 0 Å². The summed E-state index contributed by atoms with van der Waals surface area (Å²) < 4.78 is 33.7. The highest BCUT2D eigenvalue weighted by Crippen LogP contribution is 2.38. The molecule has 0 rings (SSSR count). The number of likely N-dealkylation sites (N-methyl/N-ethyl adjacent to an activating group) is 1. The van der Waals surface area contributed by atoms with Gasteiger partial charge in [0, 0.05) is 12.8 Å². The van der Waals surface area contributed by atoms with Gasteiger partial charge in [0.15, 0.2) is 6.10 Å². The molecule has 0 radical (unpaired) electrons. The van der Waals surface area contributed by atoms with Gasteiger partial charge in [-0.2, -0.15) is 0 Å². The Morgan fingerprint density at radius 1 is 0.574 bits per heavy atom. The molecular weight excluding hydrogens is 701 g/mol. The van der Waals surface area contributed by atoms with Crippen LogP contribution in [0.1, 0.15) is 142 Å². The van der Waals surface area contributed by atoms with Gasteiger partial charge in [0.25, 0.3) is 7.82 Å². The Hall–Kier alpha value is -2.55. The standard InChI is InChI=1S/C44H76NO8P/c1-6-8-10-12-14-16-18-20-22-24-26-28-30-32-34-36-43(46)50-40-42(41-52-54(48,49)51-39-38-45(3,4)5)53-44(47)37-35-33-31-29-27-25-23-21-19-17-15-13-11-9-7-2/h14-17,20-23,26-29,42H,6-13,18-19,24-25,30-41H2,1-5H3/b16-14-,17-15-,22-20-,23-21-,28-26-,29-27-. The van der Waals surface area contributed by atoms with Crippen LogP contribution in [0.4, 0.5) is 0 Å². The lowest BCUT2D eigenvalue weighted by atomic mass is 10.1. The van der Waals surface area contributed by atoms with Gasteiger partial charge in [0.2, 0.25) is 0 Å². The van der Waals surface area contributed by atoms with Crippen molar-refractivity contribution in [3.05, 3.63) is 72.9 Å². The fourth-order valence-corrected chi connectivity index (χ4v) is 5.63. The average Bonchev–Trinajstić information content (AvgIpc) is 3.12. The first-order chi connectivity index (χ1) is 26.0. The van der Waals surface area contributed by atoms with Crippen LogP contribution in [0.2, 0.25) is 0 Å². The molecule has 0 N–H and O–H groups in total. The predicted molar refractivity (Wildman–Crippen MR) is 222 cm³/mol. The maximum atomic E-state index is 12.6. The topological polar surface area (TPSA) is 111 Å². The molecule has 10 heteroatoms. The molecule has 0 saturated heterocycles. The number of phosphoric ester groups is 1. The summed E-state index contributed by atoms with van der Waals surface area (Å²) >= 11 is 0. The van der Waals surface area contributed by atoms with Crippen LogP contribution in [0.25, 0.3) is 0 Å². The molecule has 0 aliphatic heterocycles. The summed E-state index contributed by atoms with van der Waals surface area (Å²) in [6.45, 7) is 4.05. The Morgan fingerprint density at radius 3 is 1.41 bits per heavy atom. The van der Waals surface area contributed by atoms with Gasteiger partial charge in [-0.25, -0.2) is 0 Å². The molecule has 0 amide bonds. The molecule has 2 atom stereocenters. The van der Waals surface area contributed by atoms with Gasteiger partial charge >= 0.3 is 11.9 Å². The average molecular weight is 778 g/mol. The summed E-state index contributed by atoms with van der Waals surface area (Å²) in [5.41, 5.74) is 0. The number of carbonyl (C=O) groups excluding carboxylic acids is 2. The molecule has 0 aromatic rings. The zero-order valence-electron chi connectivity index (χ0n) is 34.6. The second-order valence-electron chi connectivity index (χ2n) is 14.6. The summed E-state index contributed by atoms with van der Waals surface area (Å²) in [6, 6.07) is 0. The minimum atomic E-state index is -4.64. The fourth-order valence-electron chi connectivity index (χ4n) is 4.90. The second kappa shape index (κ2) is 36.1. The number of quaternary nitrogens is 1. The lowest BCUT2D eigenvalue weighted by Gasteiger charge is -2.28. The third kappa shape index (κ3) is 39.2. The smallest absolute Gasteiger partial charge is 0.306 e. The highest BCUT2D eigenvalue weighted by Gasteiger charge is 2.21. The van der Waals surface area contributed by atoms with E-state index >= 15 is 0 Å². The maximum Gasteiger partial charge on any atom is 0.306 e. The molecule has 0 aliphatic carbocycles. The van der Waals surface area contributed by atoms with Gasteiger partial charge in [-0.05, 0) is 89.9 Å². The molecule has 0 fully saturated rings. The van der Waals surface area contributed by atoms with Crippen LogP contribution in [0.3, 0.4) is 0 Å². The van der Waals surface area contributed by atoms with Crippen molar-refractivity contribution < 1.29 is 42.1 Å². The Balaban J connectivity index is 4.56. The van der Waals surface area contributed by atoms with E-state index in [0.29, 0.717) is 23.9 Å². The normalized spacial score (nSPS) is 14.4. The lowest BCUT2D eigenvalue weighted by Crippen LogP contribution is -2.37. The number of ether oxygens (including phenoxy) is 2. The van der Waals surface area contributed by atoms with E-state index in [9.17, 15) is 19.0 Å². The number of hydrogen-bond donors (Lipinski definition) is 0. The first kappa shape index (κ1) is 51.5. The largest absolute Gasteiger partial charge is 0.756 e. The van der Waals surface area contributed by atoms with Crippen LogP contribution in [-0.4, -0.2) is 70.0 Å². The van der Waals surface area contributed by atoms with E-state index in [1.165, 1.54) is 38.5 Å². The SMILES string of the molecule is CCCCC/C=C\C/C=C\C/C=C\CCCCC(=O)OCC(COP(=O)([O-])OCC[N+](C)(C)C)OC(=O)CCCC/C=C\C/C=C\C/C=C\CCCCC. The monoisotopic (exact) mass is 778 g/mol. The lowest BCUT2D eigenvalue weighted by molar-refractivity contribution is -0.870. The Bertz CT molecular complexity index is 1150. The summed E-state index contributed by atoms with van der Waals surface area (Å²) in [5.74, 6) is -0.933. The second-order valence-corrected chi connectivity index (χ2v) is 16.1. The quantitative estimate of drug-likeness (QED) is 0.0203. The summed E-state index contributed by atoms with van der Waals surface area (Å²) in [7, 11) is 1.11. The van der Waals surface area contributed by atoms with Gasteiger partial charge in [-0.1, -0.05) is 112 Å². The first-order valence-electron chi connectivity index (χ1n) is 20.6. The van der Waals surface area contributed by atoms with E-state index in [1.807, 2.05) is 21.1 Å². The summed E-state index contributed by atoms with van der Waals surface area (Å²) in [4.78, 5) is 37.4. The Labute approximate surface area is 329 Å². The Kier molecular flexibility index (Phi) is 34.4. The van der Waals surface area contributed by atoms with Crippen LogP contribution >= 0.6 is 7.82 Å². The van der Waals surface area contributed by atoms with Gasteiger partial charge in [0.1, 0.15) is 19.8 Å². The van der Waals surface area contributed by atoms with Gasteiger partial charge in [-0.15, -0.1) is 0 Å². The van der Waals surface area contributed by atoms with Gasteiger partial charge in [0.05, 0.1) is 27.7 Å². The van der Waals surface area contributed by atoms with Gasteiger partial charge < -0.3 is 27.9 Å². The third-order valence-corrected chi connectivity index (χ3v) is 9.16. The number of carbonyl (C=O) groups is 2. The zero-order valence-corrected chi connectivity index (χ0v) is 35.5. The highest BCUT2D eigenvalue weighted by molar-refractivity contribution is 7.45. The van der Waals surface area contributed by atoms with E-state index < -0.39 is 32.5 Å². The van der Waals surface area contributed by atoms with Crippen LogP contribution in [-0.2, 0) is 32.7 Å². The highest BCUT2D eigenvalue weighted by atomic mass is 31.2. The molecule has 2 unspecified atom stereocenters. The Morgan fingerprint density at radius 2 is 0.981 bits per heavy atom. The molecule has 0 aliphatic rings. The number of allylic oxidation sites excluding steroid dienone is 12. The zero-order chi connectivity index (χ0) is 40.0. The number of rotatable bonds is 36. The van der Waals surface area contributed by atoms with E-state index in [0.717, 1.165) is 64.2 Å². The first-order valence-corrected chi connectivity index (χ1v) is 22.1. The molecule has 310 valence electrons. The molecule has 0 aromatic carbocycles. The van der Waals surface area contributed by atoms with Crippen LogP contribution in [0.15, 0.2) is 72.9 Å². The number of phosphoric acid groups is 1. The van der Waals surface area contributed by atoms with Crippen molar-refractivity contribution in [2.24, 2.45) is 0 Å². The molecule has 9 nitrogen and oxygen atoms in total. The minimum absolute atomic E-state index is 0.0479. The maximum absolute atomic E-state index is 12.6. The predicted octanol–water partition coefficient (Wildman–Crippen LogP) is 10.8. The molecule has 0 spiro atoms. The van der Waals surface area contributed by atoms with Crippen LogP contribution in [0.5, 0.6) is 0 Å². The van der Waals surface area contributed by atoms with Crippen molar-refractivity contribution in [3.63, 3.8) is 0 Å². The minimum Gasteiger partial charge on any atom is -0.756 e. The van der Waals surface area contributed by atoms with Crippen molar-refractivity contribution in [1.82, 2.24) is 0 Å². The molecule has 0 heterocycles. The van der Waals surface area contributed by atoms with E-state index in [4.69, 9.17) is 18.5 Å². The van der Waals surface area contributed by atoms with Crippen molar-refractivity contribution in [1.29, 1.82) is 0 Å². The number of hydrogen-bond acceptors (Lipinski definition) is 8. The number of nitrogens with zero attached hydrogens (tertiary/aromatic N) is 1. The van der Waals surface area contributed by atoms with Crippen LogP contribution in [0, 0.1) is 0 Å². The van der Waals surface area contributed by atoms with Crippen molar-refractivity contribution in [2.45, 2.75) is 148 Å². The fraction of sp³-hybridized carbons (Fsp3) is 0.682. The third-order valence-electron chi connectivity index (χ3n) is 8.20. The van der Waals surface area contributed by atoms with E-state index in [2.05, 4.69) is 86.8 Å². The van der Waals surface area contributed by atoms with E-state index in [1.54, 1.807) is 0 Å². The van der Waals surface area contributed by atoms with Gasteiger partial charge in [-0.3, -0.25) is 14.2 Å². The molecule has 0 saturated carbocycles. The number of esters is 2. The van der Waals surface area contributed by atoms with E-state index in [-0.39, 0.29) is 26.1 Å². The summed E-state index contributed by atoms with van der Waals surface area (Å²) in [6.07, 6.45) is 43.6. The van der Waals surface area contributed by atoms with Crippen molar-refractivity contribution in [2.75, 3.05) is 47.5 Å². The molecule has 0 aromatic heterocycles. The molecule has 54 heavy (non-hydrogen) atoms. The van der Waals surface area contributed by atoms with Crippen LogP contribution < -0.4 is 4.89 Å². The molecular formula is C44H76NO8P. The molecule has 0 bridgehead atoms. The summed E-state index contributed by atoms with van der Waals surface area (Å²) in [5, 5.41) is 0. The van der Waals surface area contributed by atoms with Crippen molar-refractivity contribution >= 4 is 19.8 Å². The number of unbranched alkanes of at least 4 members (excludes halogenated alkanes) is 10.